The fraction of sp³-hybridized carbons (Fsp3) is 0.588. The highest BCUT2D eigenvalue weighted by Gasteiger charge is 2.24. The van der Waals surface area contributed by atoms with Crippen molar-refractivity contribution in [3.8, 4) is 0 Å². The molecule has 1 aromatic carbocycles. The zero-order valence-corrected chi connectivity index (χ0v) is 13.2. The lowest BCUT2D eigenvalue weighted by Gasteiger charge is -2.27. The van der Waals surface area contributed by atoms with Gasteiger partial charge >= 0.3 is 0 Å². The second kappa shape index (κ2) is 6.23. The molecule has 0 N–H and O–H groups in total. The minimum atomic E-state index is -0.0113. The molecule has 2 nitrogen and oxygen atoms in total. The molecule has 0 fully saturated rings. The van der Waals surface area contributed by atoms with Gasteiger partial charge in [-0.25, -0.2) is 0 Å². The molecule has 0 atom stereocenters. The second-order valence-electron chi connectivity index (χ2n) is 6.18. The fourth-order valence-electron chi connectivity index (χ4n) is 2.31. The van der Waals surface area contributed by atoms with E-state index in [1.807, 2.05) is 24.0 Å². The highest BCUT2D eigenvalue weighted by atomic mass is 16.2. The van der Waals surface area contributed by atoms with E-state index in [9.17, 15) is 4.79 Å². The molecule has 0 spiro atoms. The molecule has 106 valence electrons. The van der Waals surface area contributed by atoms with Gasteiger partial charge in [0.1, 0.15) is 0 Å². The van der Waals surface area contributed by atoms with E-state index < -0.39 is 0 Å². The molecule has 0 heterocycles. The highest BCUT2D eigenvalue weighted by molar-refractivity contribution is 5.96. The van der Waals surface area contributed by atoms with Crippen molar-refractivity contribution in [3.63, 3.8) is 0 Å². The molecule has 1 amide bonds. The summed E-state index contributed by atoms with van der Waals surface area (Å²) in [5.74, 6) is 0.161. The van der Waals surface area contributed by atoms with Gasteiger partial charge in [0.05, 0.1) is 0 Å². The summed E-state index contributed by atoms with van der Waals surface area (Å²) in [6.07, 6.45) is 0.996. The molecule has 0 bridgehead atoms. The van der Waals surface area contributed by atoms with E-state index in [1.54, 1.807) is 0 Å². The predicted octanol–water partition coefficient (Wildman–Crippen LogP) is 4.16. The number of carbonyl (C=O) groups is 1. The van der Waals surface area contributed by atoms with Crippen molar-refractivity contribution in [2.24, 2.45) is 0 Å². The van der Waals surface area contributed by atoms with Gasteiger partial charge in [-0.1, -0.05) is 45.4 Å². The molecule has 0 radical (unpaired) electrons. The van der Waals surface area contributed by atoms with Gasteiger partial charge in [-0.3, -0.25) is 4.79 Å². The molecule has 0 aliphatic rings. The Bertz CT molecular complexity index is 443. The lowest BCUT2D eigenvalue weighted by molar-refractivity contribution is 0.0762. The maximum Gasteiger partial charge on any atom is 0.254 e. The van der Waals surface area contributed by atoms with Gasteiger partial charge in [-0.15, -0.1) is 0 Å². The van der Waals surface area contributed by atoms with Crippen molar-refractivity contribution in [2.45, 2.75) is 53.4 Å². The average Bonchev–Trinajstić information content (AvgIpc) is 2.34. The lowest BCUT2D eigenvalue weighted by atomic mass is 9.82. The van der Waals surface area contributed by atoms with E-state index in [0.717, 1.165) is 30.6 Å². The quantitative estimate of drug-likeness (QED) is 0.796. The van der Waals surface area contributed by atoms with E-state index in [1.165, 1.54) is 5.56 Å². The Kier molecular flexibility index (Phi) is 5.16. The monoisotopic (exact) mass is 261 g/mol. The van der Waals surface area contributed by atoms with E-state index in [-0.39, 0.29) is 11.3 Å². The van der Waals surface area contributed by atoms with Crippen molar-refractivity contribution in [2.75, 3.05) is 13.1 Å². The lowest BCUT2D eigenvalue weighted by Crippen LogP contribution is -2.33. The van der Waals surface area contributed by atoms with Crippen LogP contribution < -0.4 is 0 Å². The van der Waals surface area contributed by atoms with Crippen LogP contribution in [0.5, 0.6) is 0 Å². The Morgan fingerprint density at radius 1 is 1.21 bits per heavy atom. The van der Waals surface area contributed by atoms with Gasteiger partial charge in [0.15, 0.2) is 0 Å². The topological polar surface area (TPSA) is 20.3 Å². The minimum Gasteiger partial charge on any atom is -0.339 e. The van der Waals surface area contributed by atoms with Crippen LogP contribution in [0.2, 0.25) is 0 Å². The standard InChI is InChI=1S/C17H27NO/c1-7-11-18(8-2)16(19)14-10-9-13(3)12-15(14)17(4,5)6/h9-10,12H,7-8,11H2,1-6H3. The van der Waals surface area contributed by atoms with Crippen molar-refractivity contribution < 1.29 is 4.79 Å². The highest BCUT2D eigenvalue weighted by Crippen LogP contribution is 2.27. The van der Waals surface area contributed by atoms with Crippen molar-refractivity contribution in [3.05, 3.63) is 34.9 Å². The Labute approximate surface area is 117 Å². The molecule has 0 saturated heterocycles. The third kappa shape index (κ3) is 3.82. The predicted molar refractivity (Wildman–Crippen MR) is 81.7 cm³/mol. The number of nitrogens with zero attached hydrogens (tertiary/aromatic N) is 1. The first-order valence-corrected chi connectivity index (χ1v) is 7.21. The molecular weight excluding hydrogens is 234 g/mol. The van der Waals surface area contributed by atoms with Crippen LogP contribution in [0.1, 0.15) is 62.5 Å². The summed E-state index contributed by atoms with van der Waals surface area (Å²) in [6, 6.07) is 6.16. The molecule has 1 rings (SSSR count). The summed E-state index contributed by atoms with van der Waals surface area (Å²) in [5.41, 5.74) is 3.20. The summed E-state index contributed by atoms with van der Waals surface area (Å²) >= 11 is 0. The van der Waals surface area contributed by atoms with Gasteiger partial charge in [0.25, 0.3) is 5.91 Å². The molecule has 0 aromatic heterocycles. The van der Waals surface area contributed by atoms with Crippen LogP contribution in [0.4, 0.5) is 0 Å². The average molecular weight is 261 g/mol. The second-order valence-corrected chi connectivity index (χ2v) is 6.18. The van der Waals surface area contributed by atoms with E-state index in [0.29, 0.717) is 0 Å². The summed E-state index contributed by atoms with van der Waals surface area (Å²) in [4.78, 5) is 14.6. The Morgan fingerprint density at radius 3 is 2.32 bits per heavy atom. The van der Waals surface area contributed by atoms with Gasteiger partial charge in [0.2, 0.25) is 0 Å². The Balaban J connectivity index is 3.22. The number of carbonyl (C=O) groups excluding carboxylic acids is 1. The van der Waals surface area contributed by atoms with Crippen molar-refractivity contribution >= 4 is 5.91 Å². The van der Waals surface area contributed by atoms with E-state index in [2.05, 4.69) is 40.7 Å². The summed E-state index contributed by atoms with van der Waals surface area (Å²) in [5, 5.41) is 0. The smallest absolute Gasteiger partial charge is 0.254 e. The van der Waals surface area contributed by atoms with Crippen LogP contribution in [-0.4, -0.2) is 23.9 Å². The third-order valence-electron chi connectivity index (χ3n) is 3.38. The summed E-state index contributed by atoms with van der Waals surface area (Å²) in [6.45, 7) is 14.3. The maximum atomic E-state index is 12.7. The van der Waals surface area contributed by atoms with Crippen LogP contribution in [0, 0.1) is 6.92 Å². The van der Waals surface area contributed by atoms with E-state index >= 15 is 0 Å². The molecule has 1 aromatic rings. The van der Waals surface area contributed by atoms with Gasteiger partial charge < -0.3 is 4.90 Å². The fourth-order valence-corrected chi connectivity index (χ4v) is 2.31. The number of rotatable bonds is 4. The van der Waals surface area contributed by atoms with Crippen LogP contribution in [0.3, 0.4) is 0 Å². The minimum absolute atomic E-state index is 0.0113. The molecule has 19 heavy (non-hydrogen) atoms. The molecule has 0 aliphatic carbocycles. The number of benzene rings is 1. The molecule has 0 unspecified atom stereocenters. The first kappa shape index (κ1) is 15.7. The molecular formula is C17H27NO. The zero-order valence-electron chi connectivity index (χ0n) is 13.2. The van der Waals surface area contributed by atoms with Crippen LogP contribution in [0.25, 0.3) is 0 Å². The van der Waals surface area contributed by atoms with Crippen LogP contribution in [-0.2, 0) is 5.41 Å². The maximum absolute atomic E-state index is 12.7. The van der Waals surface area contributed by atoms with Crippen molar-refractivity contribution in [1.29, 1.82) is 0 Å². The molecule has 2 heteroatoms. The van der Waals surface area contributed by atoms with Crippen LogP contribution in [0.15, 0.2) is 18.2 Å². The molecule has 0 saturated carbocycles. The summed E-state index contributed by atoms with van der Waals surface area (Å²) in [7, 11) is 0. The molecule has 0 aliphatic heterocycles. The first-order chi connectivity index (χ1) is 8.81. The Hall–Kier alpha value is -1.31. The Morgan fingerprint density at radius 2 is 1.84 bits per heavy atom. The normalized spacial score (nSPS) is 11.5. The SMILES string of the molecule is CCCN(CC)C(=O)c1ccc(C)cc1C(C)(C)C. The summed E-state index contributed by atoms with van der Waals surface area (Å²) < 4.78 is 0. The first-order valence-electron chi connectivity index (χ1n) is 7.21. The number of hydrogen-bond acceptors (Lipinski definition) is 1. The number of hydrogen-bond donors (Lipinski definition) is 0. The van der Waals surface area contributed by atoms with Gasteiger partial charge in [-0.2, -0.15) is 0 Å². The zero-order chi connectivity index (χ0) is 14.6. The number of amides is 1. The van der Waals surface area contributed by atoms with Crippen molar-refractivity contribution in [1.82, 2.24) is 4.90 Å². The van der Waals surface area contributed by atoms with Gasteiger partial charge in [0, 0.05) is 18.7 Å². The third-order valence-corrected chi connectivity index (χ3v) is 3.38. The van der Waals surface area contributed by atoms with E-state index in [4.69, 9.17) is 0 Å². The number of aryl methyl sites for hydroxylation is 1. The van der Waals surface area contributed by atoms with Crippen LogP contribution >= 0.6 is 0 Å². The largest absolute Gasteiger partial charge is 0.339 e. The van der Waals surface area contributed by atoms with Gasteiger partial charge in [-0.05, 0) is 37.3 Å².